The molecule has 7 N–H and O–H groups in total. The number of benzene rings is 1. The molecule has 3 aliphatic rings. The molecule has 0 aromatic heterocycles. The number of hydrogen-bond acceptors (Lipinski definition) is 9. The number of carbonyl (C=O) groups excluding carboxylic acids is 3. The molecule has 3 aliphatic carbocycles. The number of primary amides is 1. The van der Waals surface area contributed by atoms with Crippen molar-refractivity contribution in [3.05, 3.63) is 69.2 Å². The van der Waals surface area contributed by atoms with Crippen molar-refractivity contribution in [2.45, 2.75) is 58.2 Å². The molecule has 4 rings (SSSR count). The summed E-state index contributed by atoms with van der Waals surface area (Å²) in [5, 5.41) is 48.2. The third-order valence-electron chi connectivity index (χ3n) is 8.44. The molecule has 1 aromatic rings. The Morgan fingerprint density at radius 1 is 1.17 bits per heavy atom. The van der Waals surface area contributed by atoms with Crippen LogP contribution in [0.4, 0.5) is 0 Å². The summed E-state index contributed by atoms with van der Waals surface area (Å²) in [6.45, 7) is 8.78. The van der Waals surface area contributed by atoms with Gasteiger partial charge in [-0.2, -0.15) is 0 Å². The van der Waals surface area contributed by atoms with Gasteiger partial charge in [-0.25, -0.2) is 0 Å². The molecule has 0 radical (unpaired) electrons. The van der Waals surface area contributed by atoms with E-state index in [0.717, 1.165) is 23.3 Å². The highest BCUT2D eigenvalue weighted by Crippen LogP contribution is 2.52. The number of nitrogens with two attached hydrogens (primary N) is 1. The lowest BCUT2D eigenvalue weighted by molar-refractivity contribution is -0.148. The second-order valence-corrected chi connectivity index (χ2v) is 11.8. The Morgan fingerprint density at radius 2 is 1.83 bits per heavy atom. The van der Waals surface area contributed by atoms with E-state index >= 15 is 0 Å². The normalized spacial score (nSPS) is 26.9. The van der Waals surface area contributed by atoms with Crippen LogP contribution < -0.4 is 11.1 Å². The highest BCUT2D eigenvalue weighted by atomic mass is 16.3. The molecule has 0 fully saturated rings. The van der Waals surface area contributed by atoms with E-state index < -0.39 is 58.0 Å². The van der Waals surface area contributed by atoms with Gasteiger partial charge in [-0.15, -0.1) is 0 Å². The lowest BCUT2D eigenvalue weighted by atomic mass is 9.58. The summed E-state index contributed by atoms with van der Waals surface area (Å²) in [5.74, 6) is -6.63. The van der Waals surface area contributed by atoms with Crippen molar-refractivity contribution in [2.24, 2.45) is 17.6 Å². The number of phenolic OH excluding ortho intramolecular Hbond substituents is 1. The number of aliphatic hydroxyl groups is 3. The SMILES string of the molecule is C/C(=C\C=C(/C)c1ccc(O)c2c1C[C@H]1C[C@H]3[C@@H](N(C)C)C(O)=C(C(N)=O)C(=O)[C@@]3(O)C(O)=C1C2=O)CNC(C)C. The lowest BCUT2D eigenvalue weighted by Gasteiger charge is -2.50. The lowest BCUT2D eigenvalue weighted by Crippen LogP contribution is -2.63. The van der Waals surface area contributed by atoms with E-state index in [9.17, 15) is 34.8 Å². The van der Waals surface area contributed by atoms with Gasteiger partial charge in [-0.1, -0.05) is 37.6 Å². The first kappa shape index (κ1) is 30.2. The molecule has 0 spiro atoms. The first-order valence-electron chi connectivity index (χ1n) is 13.7. The van der Waals surface area contributed by atoms with Gasteiger partial charge in [0, 0.05) is 24.1 Å². The molecular weight excluding hydrogens is 526 g/mol. The van der Waals surface area contributed by atoms with Crippen LogP contribution in [0.3, 0.4) is 0 Å². The van der Waals surface area contributed by atoms with E-state index in [2.05, 4.69) is 19.2 Å². The number of allylic oxidation sites excluding steroid dienone is 4. The van der Waals surface area contributed by atoms with Crippen molar-refractivity contribution >= 4 is 23.0 Å². The van der Waals surface area contributed by atoms with Crippen molar-refractivity contribution in [1.82, 2.24) is 10.2 Å². The highest BCUT2D eigenvalue weighted by molar-refractivity contribution is 6.24. The minimum absolute atomic E-state index is 0.00166. The highest BCUT2D eigenvalue weighted by Gasteiger charge is 2.63. The third kappa shape index (κ3) is 4.90. The van der Waals surface area contributed by atoms with E-state index in [1.807, 2.05) is 26.0 Å². The van der Waals surface area contributed by atoms with Gasteiger partial charge in [-0.05, 0) is 69.5 Å². The van der Waals surface area contributed by atoms with Crippen LogP contribution in [-0.2, 0) is 16.0 Å². The van der Waals surface area contributed by atoms with Gasteiger partial charge >= 0.3 is 0 Å². The Kier molecular flexibility index (Phi) is 8.05. The number of likely N-dealkylation sites (N-methyl/N-ethyl adjacent to an activating group) is 1. The topological polar surface area (TPSA) is 173 Å². The van der Waals surface area contributed by atoms with Crippen LogP contribution in [0.5, 0.6) is 5.75 Å². The molecule has 10 heteroatoms. The van der Waals surface area contributed by atoms with E-state index in [1.54, 1.807) is 20.2 Å². The molecule has 0 saturated heterocycles. The predicted octanol–water partition coefficient (Wildman–Crippen LogP) is 2.47. The number of rotatable bonds is 7. The summed E-state index contributed by atoms with van der Waals surface area (Å²) in [6.07, 6.45) is 4.23. The van der Waals surface area contributed by atoms with Crippen molar-refractivity contribution in [3.63, 3.8) is 0 Å². The fraction of sp³-hybridized carbons (Fsp3) is 0.452. The Balaban J connectivity index is 1.84. The van der Waals surface area contributed by atoms with Gasteiger partial charge in [0.15, 0.2) is 11.4 Å². The van der Waals surface area contributed by atoms with E-state index in [4.69, 9.17) is 5.73 Å². The summed E-state index contributed by atoms with van der Waals surface area (Å²) in [4.78, 5) is 40.9. The summed E-state index contributed by atoms with van der Waals surface area (Å²) in [6, 6.07) is 2.48. The van der Waals surface area contributed by atoms with E-state index in [-0.39, 0.29) is 29.7 Å². The molecule has 1 amide bonds. The zero-order valence-electron chi connectivity index (χ0n) is 24.3. The third-order valence-corrected chi connectivity index (χ3v) is 8.44. The minimum atomic E-state index is -2.65. The zero-order valence-corrected chi connectivity index (χ0v) is 24.3. The molecule has 220 valence electrons. The number of nitrogens with zero attached hydrogens (tertiary/aromatic N) is 1. The molecule has 0 bridgehead atoms. The molecule has 0 unspecified atom stereocenters. The molecular formula is C31H39N3O7. The number of phenols is 1. The minimum Gasteiger partial charge on any atom is -0.510 e. The van der Waals surface area contributed by atoms with E-state index in [1.165, 1.54) is 11.0 Å². The number of carbonyl (C=O) groups is 3. The molecule has 1 aromatic carbocycles. The molecule has 0 heterocycles. The number of aliphatic hydroxyl groups excluding tert-OH is 2. The second kappa shape index (κ2) is 10.9. The maximum absolute atomic E-state index is 13.9. The Hall–Kier alpha value is -3.73. The smallest absolute Gasteiger partial charge is 0.255 e. The summed E-state index contributed by atoms with van der Waals surface area (Å²) in [5.41, 5.74) is 5.07. The van der Waals surface area contributed by atoms with Crippen LogP contribution in [0.1, 0.15) is 55.6 Å². The first-order chi connectivity index (χ1) is 19.1. The van der Waals surface area contributed by atoms with Gasteiger partial charge < -0.3 is 31.5 Å². The van der Waals surface area contributed by atoms with Crippen molar-refractivity contribution < 1.29 is 34.8 Å². The van der Waals surface area contributed by atoms with Crippen LogP contribution in [0.2, 0.25) is 0 Å². The number of hydrogen-bond donors (Lipinski definition) is 6. The van der Waals surface area contributed by atoms with Gasteiger partial charge in [-0.3, -0.25) is 19.3 Å². The van der Waals surface area contributed by atoms with Crippen LogP contribution in [0.15, 0.2) is 52.5 Å². The molecule has 0 aliphatic heterocycles. The summed E-state index contributed by atoms with van der Waals surface area (Å²) in [7, 11) is 3.20. The van der Waals surface area contributed by atoms with Crippen LogP contribution in [0, 0.1) is 11.8 Å². The van der Waals surface area contributed by atoms with Gasteiger partial charge in [0.1, 0.15) is 22.8 Å². The maximum Gasteiger partial charge on any atom is 0.255 e. The average molecular weight is 566 g/mol. The predicted molar refractivity (Wildman–Crippen MR) is 154 cm³/mol. The van der Waals surface area contributed by atoms with Crippen LogP contribution >= 0.6 is 0 Å². The van der Waals surface area contributed by atoms with Crippen molar-refractivity contribution in [1.29, 1.82) is 0 Å². The molecule has 41 heavy (non-hydrogen) atoms. The number of Topliss-reactive ketones (excluding diaryl/α,β-unsaturated/α-hetero) is 2. The Labute approximate surface area is 239 Å². The maximum atomic E-state index is 13.9. The van der Waals surface area contributed by atoms with E-state index in [0.29, 0.717) is 11.6 Å². The number of fused-ring (bicyclic) bond motifs is 3. The zero-order chi connectivity index (χ0) is 30.5. The quantitative estimate of drug-likeness (QED) is 0.214. The number of ketones is 2. The summed E-state index contributed by atoms with van der Waals surface area (Å²) >= 11 is 0. The second-order valence-electron chi connectivity index (χ2n) is 11.8. The van der Waals surface area contributed by atoms with Gasteiger partial charge in [0.2, 0.25) is 5.78 Å². The van der Waals surface area contributed by atoms with Crippen LogP contribution in [-0.4, -0.2) is 81.1 Å². The largest absolute Gasteiger partial charge is 0.510 e. The van der Waals surface area contributed by atoms with Crippen LogP contribution in [0.25, 0.3) is 5.57 Å². The van der Waals surface area contributed by atoms with Gasteiger partial charge in [0.05, 0.1) is 11.6 Å². The van der Waals surface area contributed by atoms with Crippen molar-refractivity contribution in [3.8, 4) is 5.75 Å². The first-order valence-corrected chi connectivity index (χ1v) is 13.7. The van der Waals surface area contributed by atoms with Crippen molar-refractivity contribution in [2.75, 3.05) is 20.6 Å². The molecule has 0 saturated carbocycles. The molecule has 4 atom stereocenters. The number of amides is 1. The fourth-order valence-electron chi connectivity index (χ4n) is 6.40. The monoisotopic (exact) mass is 565 g/mol. The number of nitrogens with one attached hydrogen (secondary N) is 1. The fourth-order valence-corrected chi connectivity index (χ4v) is 6.40. The summed E-state index contributed by atoms with van der Waals surface area (Å²) < 4.78 is 0. The number of aromatic hydroxyl groups is 1. The average Bonchev–Trinajstić information content (AvgIpc) is 2.87. The Morgan fingerprint density at radius 3 is 2.41 bits per heavy atom. The molecule has 10 nitrogen and oxygen atoms in total. The standard InChI is InChI=1S/C31H39N3O7/c1-14(2)33-13-15(3)7-8-16(4)18-9-10-21(35)23-19(18)11-17-12-20-25(34(5)6)27(37)24(30(32)40)29(39)31(20,41)28(38)22(17)26(23)36/h7-10,14,17,20,25,33,35,37-38,41H,11-13H2,1-6H3,(H2,32,40)/b15-7+,16-8+/t17-,20-,25+,31-/m0/s1. The van der Waals surface area contributed by atoms with Gasteiger partial charge in [0.25, 0.3) is 5.91 Å². The Bertz CT molecular complexity index is 1450.